The van der Waals surface area contributed by atoms with Gasteiger partial charge in [0, 0.05) is 24.9 Å². The third-order valence-corrected chi connectivity index (χ3v) is 3.77. The van der Waals surface area contributed by atoms with Crippen molar-refractivity contribution in [3.05, 3.63) is 64.6 Å². The summed E-state index contributed by atoms with van der Waals surface area (Å²) < 4.78 is 6.74. The lowest BCUT2D eigenvalue weighted by molar-refractivity contribution is -0.132. The Kier molecular flexibility index (Phi) is 4.99. The molecular weight excluding hydrogens is 280 g/mol. The number of rotatable bonds is 5. The minimum Gasteiger partial charge on any atom is -0.496 e. The quantitative estimate of drug-likeness (QED) is 0.849. The maximum absolute atomic E-state index is 12.4. The summed E-state index contributed by atoms with van der Waals surface area (Å²) in [6.45, 7) is 1.96. The summed E-state index contributed by atoms with van der Waals surface area (Å²) in [6, 6.07) is 12.3. The third-order valence-electron chi connectivity index (χ3n) is 3.77. The molecule has 0 spiro atoms. The number of carbonyl (C=O) groups is 1. The highest BCUT2D eigenvalue weighted by molar-refractivity contribution is 5.76. The van der Waals surface area contributed by atoms with Crippen molar-refractivity contribution in [3.63, 3.8) is 0 Å². The molecule has 0 aliphatic heterocycles. The van der Waals surface area contributed by atoms with Crippen LogP contribution in [0.5, 0.6) is 5.75 Å². The molecule has 2 rings (SSSR count). The number of carbonyl (C=O) groups excluding carboxylic acids is 1. The van der Waals surface area contributed by atoms with Crippen molar-refractivity contribution in [2.45, 2.75) is 19.5 Å². The van der Waals surface area contributed by atoms with E-state index in [1.807, 2.05) is 31.2 Å². The number of benzene rings is 1. The molecular formula is C17H20N2O3. The van der Waals surface area contributed by atoms with Crippen molar-refractivity contribution in [2.24, 2.45) is 0 Å². The fourth-order valence-corrected chi connectivity index (χ4v) is 2.28. The zero-order valence-corrected chi connectivity index (χ0v) is 13.0. The second-order valence-corrected chi connectivity index (χ2v) is 5.09. The van der Waals surface area contributed by atoms with Crippen molar-refractivity contribution in [1.29, 1.82) is 0 Å². The molecule has 22 heavy (non-hydrogen) atoms. The van der Waals surface area contributed by atoms with Gasteiger partial charge in [0.05, 0.1) is 13.2 Å². The first-order valence-corrected chi connectivity index (χ1v) is 7.08. The summed E-state index contributed by atoms with van der Waals surface area (Å²) in [7, 11) is 3.34. The van der Waals surface area contributed by atoms with E-state index in [0.717, 1.165) is 11.3 Å². The van der Waals surface area contributed by atoms with Crippen molar-refractivity contribution in [2.75, 3.05) is 14.2 Å². The van der Waals surface area contributed by atoms with Gasteiger partial charge in [-0.05, 0) is 19.1 Å². The minimum atomic E-state index is -0.186. The minimum absolute atomic E-state index is 0.0235. The molecule has 1 aromatic heterocycles. The van der Waals surface area contributed by atoms with Gasteiger partial charge < -0.3 is 14.2 Å². The van der Waals surface area contributed by atoms with E-state index in [-0.39, 0.29) is 24.1 Å². The van der Waals surface area contributed by atoms with Crippen molar-refractivity contribution in [3.8, 4) is 5.75 Å². The molecule has 1 heterocycles. The number of likely N-dealkylation sites (N-methyl/N-ethyl adjacent to an activating group) is 1. The Bertz CT molecular complexity index is 709. The zero-order valence-electron chi connectivity index (χ0n) is 13.0. The SMILES string of the molecule is COc1ccccc1C(C)N(C)C(=O)Cn1ccccc1=O. The molecule has 1 unspecified atom stereocenters. The Morgan fingerprint density at radius 2 is 1.91 bits per heavy atom. The van der Waals surface area contributed by atoms with Crippen LogP contribution in [0.3, 0.4) is 0 Å². The van der Waals surface area contributed by atoms with Crippen molar-refractivity contribution in [1.82, 2.24) is 9.47 Å². The highest BCUT2D eigenvalue weighted by Crippen LogP contribution is 2.28. The van der Waals surface area contributed by atoms with Crippen molar-refractivity contribution >= 4 is 5.91 Å². The largest absolute Gasteiger partial charge is 0.496 e. The summed E-state index contributed by atoms with van der Waals surface area (Å²) in [5.74, 6) is 0.609. The lowest BCUT2D eigenvalue weighted by Crippen LogP contribution is -2.35. The maximum Gasteiger partial charge on any atom is 0.250 e. The maximum atomic E-state index is 12.4. The Labute approximate surface area is 129 Å². The molecule has 0 radical (unpaired) electrons. The Morgan fingerprint density at radius 3 is 2.59 bits per heavy atom. The molecule has 0 fully saturated rings. The highest BCUT2D eigenvalue weighted by atomic mass is 16.5. The Balaban J connectivity index is 2.16. The first-order valence-electron chi connectivity index (χ1n) is 7.08. The standard InChI is InChI=1S/C17H20N2O3/c1-13(14-8-4-5-9-15(14)22-3)18(2)17(21)12-19-11-7-6-10-16(19)20/h4-11,13H,12H2,1-3H3. The summed E-state index contributed by atoms with van der Waals surface area (Å²) >= 11 is 0. The number of ether oxygens (including phenoxy) is 1. The molecule has 2 aromatic rings. The van der Waals surface area contributed by atoms with E-state index in [1.165, 1.54) is 10.6 Å². The van der Waals surface area contributed by atoms with Gasteiger partial charge in [0.2, 0.25) is 5.91 Å². The molecule has 0 bridgehead atoms. The normalized spacial score (nSPS) is 11.8. The van der Waals surface area contributed by atoms with E-state index in [0.29, 0.717) is 0 Å². The molecule has 1 amide bonds. The third kappa shape index (κ3) is 3.36. The monoisotopic (exact) mass is 300 g/mol. The summed E-state index contributed by atoms with van der Waals surface area (Å²) in [4.78, 5) is 25.7. The van der Waals surface area contributed by atoms with Crippen LogP contribution in [0, 0.1) is 0 Å². The number of nitrogens with zero attached hydrogens (tertiary/aromatic N) is 2. The first kappa shape index (κ1) is 15.8. The van der Waals surface area contributed by atoms with Crippen LogP contribution in [0.25, 0.3) is 0 Å². The first-order chi connectivity index (χ1) is 10.5. The van der Waals surface area contributed by atoms with Gasteiger partial charge in [-0.25, -0.2) is 0 Å². The highest BCUT2D eigenvalue weighted by Gasteiger charge is 2.20. The molecule has 0 N–H and O–H groups in total. The van der Waals surface area contributed by atoms with Gasteiger partial charge in [-0.1, -0.05) is 24.3 Å². The summed E-state index contributed by atoms with van der Waals surface area (Å²) in [6.07, 6.45) is 1.61. The molecule has 0 aliphatic rings. The lowest BCUT2D eigenvalue weighted by atomic mass is 10.1. The Hall–Kier alpha value is -2.56. The number of pyridine rings is 1. The molecule has 1 aromatic carbocycles. The van der Waals surface area contributed by atoms with E-state index in [9.17, 15) is 9.59 Å². The predicted molar refractivity (Wildman–Crippen MR) is 84.9 cm³/mol. The lowest BCUT2D eigenvalue weighted by Gasteiger charge is -2.26. The average Bonchev–Trinajstić information content (AvgIpc) is 2.55. The number of hydrogen-bond acceptors (Lipinski definition) is 3. The smallest absolute Gasteiger partial charge is 0.250 e. The number of methoxy groups -OCH3 is 1. The fourth-order valence-electron chi connectivity index (χ4n) is 2.28. The fraction of sp³-hybridized carbons (Fsp3) is 0.294. The van der Waals surface area contributed by atoms with E-state index in [2.05, 4.69) is 0 Å². The summed E-state index contributed by atoms with van der Waals surface area (Å²) in [5.41, 5.74) is 0.746. The topological polar surface area (TPSA) is 51.5 Å². The zero-order chi connectivity index (χ0) is 16.1. The predicted octanol–water partition coefficient (Wildman–Crippen LogP) is 2.08. The Morgan fingerprint density at radius 1 is 1.23 bits per heavy atom. The molecule has 0 saturated heterocycles. The van der Waals surface area contributed by atoms with Crippen LogP contribution >= 0.6 is 0 Å². The van der Waals surface area contributed by atoms with E-state index in [4.69, 9.17) is 4.74 Å². The van der Waals surface area contributed by atoms with Gasteiger partial charge >= 0.3 is 0 Å². The second kappa shape index (κ2) is 6.93. The molecule has 5 nitrogen and oxygen atoms in total. The molecule has 1 atom stereocenters. The van der Waals surface area contributed by atoms with Gasteiger partial charge in [0.25, 0.3) is 5.56 Å². The van der Waals surface area contributed by atoms with Crippen LogP contribution in [-0.2, 0) is 11.3 Å². The number of hydrogen-bond donors (Lipinski definition) is 0. The van der Waals surface area contributed by atoms with Crippen LogP contribution in [-0.4, -0.2) is 29.5 Å². The average molecular weight is 300 g/mol. The molecule has 0 aliphatic carbocycles. The van der Waals surface area contributed by atoms with Gasteiger partial charge in [0.1, 0.15) is 12.3 Å². The number of amides is 1. The second-order valence-electron chi connectivity index (χ2n) is 5.09. The van der Waals surface area contributed by atoms with Crippen LogP contribution in [0.4, 0.5) is 0 Å². The molecule has 116 valence electrons. The van der Waals surface area contributed by atoms with Crippen LogP contribution in [0.2, 0.25) is 0 Å². The summed E-state index contributed by atoms with van der Waals surface area (Å²) in [5, 5.41) is 0. The van der Waals surface area contributed by atoms with Crippen LogP contribution < -0.4 is 10.3 Å². The van der Waals surface area contributed by atoms with E-state index < -0.39 is 0 Å². The number of para-hydroxylation sites is 1. The van der Waals surface area contributed by atoms with Crippen molar-refractivity contribution < 1.29 is 9.53 Å². The number of aromatic nitrogens is 1. The molecule has 5 heteroatoms. The van der Waals surface area contributed by atoms with Gasteiger partial charge in [-0.2, -0.15) is 0 Å². The van der Waals surface area contributed by atoms with Crippen LogP contribution in [0.1, 0.15) is 18.5 Å². The van der Waals surface area contributed by atoms with Gasteiger partial charge in [-0.15, -0.1) is 0 Å². The van der Waals surface area contributed by atoms with E-state index in [1.54, 1.807) is 37.4 Å². The van der Waals surface area contributed by atoms with E-state index >= 15 is 0 Å². The molecule has 0 saturated carbocycles. The van der Waals surface area contributed by atoms with Gasteiger partial charge in [-0.3, -0.25) is 9.59 Å². The van der Waals surface area contributed by atoms with Crippen LogP contribution in [0.15, 0.2) is 53.5 Å². The van der Waals surface area contributed by atoms with Gasteiger partial charge in [0.15, 0.2) is 0 Å².